The van der Waals surface area contributed by atoms with Crippen molar-refractivity contribution in [1.82, 2.24) is 0 Å². The summed E-state index contributed by atoms with van der Waals surface area (Å²) in [4.78, 5) is 4.14. The van der Waals surface area contributed by atoms with Crippen molar-refractivity contribution in [3.05, 3.63) is 107 Å². The summed E-state index contributed by atoms with van der Waals surface area (Å²) in [6.45, 7) is 8.63. The molecule has 12 nitrogen and oxygen atoms in total. The van der Waals surface area contributed by atoms with E-state index in [1.54, 1.807) is 66.7 Å². The van der Waals surface area contributed by atoms with Gasteiger partial charge in [-0.25, -0.2) is 10.5 Å². The highest BCUT2D eigenvalue weighted by Gasteiger charge is 2.13. The predicted molar refractivity (Wildman–Crippen MR) is 176 cm³/mol. The summed E-state index contributed by atoms with van der Waals surface area (Å²) in [5.41, 5.74) is 3.66. The van der Waals surface area contributed by atoms with Crippen LogP contribution in [0.25, 0.3) is 4.98 Å². The summed E-state index contributed by atoms with van der Waals surface area (Å²) in [7, 11) is 0. The second-order valence-electron chi connectivity index (χ2n) is 10.4. The molecule has 0 amide bonds. The monoisotopic (exact) mass is 669 g/mol. The van der Waals surface area contributed by atoms with Crippen molar-refractivity contribution in [2.75, 3.05) is 0 Å². The zero-order valence-electron chi connectivity index (χ0n) is 25.8. The average Bonchev–Trinajstić information content (AvgIpc) is 3.04. The van der Waals surface area contributed by atoms with Crippen molar-refractivity contribution in [2.45, 2.75) is 50.3 Å². The first-order valence-electron chi connectivity index (χ1n) is 14.0. The fourth-order valence-electron chi connectivity index (χ4n) is 3.78. The van der Waals surface area contributed by atoms with Crippen LogP contribution in [0.4, 0.5) is 17.1 Å². The Kier molecular flexibility index (Phi) is 18.0. The van der Waals surface area contributed by atoms with Crippen LogP contribution in [0.3, 0.4) is 0 Å². The minimum Gasteiger partial charge on any atom is -0.508 e. The molecule has 46 heavy (non-hydrogen) atoms. The van der Waals surface area contributed by atoms with E-state index < -0.39 is 0 Å². The maximum Gasteiger partial charge on any atom is 0.400 e. The number of hydrogen-bond donors (Lipinski definition) is 4. The Labute approximate surface area is 276 Å². The number of azo groups is 1. The maximum absolute atomic E-state index is 9.92. The predicted octanol–water partition coefficient (Wildman–Crippen LogP) is 10.6. The molecule has 4 rings (SSSR count). The molecule has 0 saturated heterocycles. The SMILES string of the molecule is CC(C)Cc1ccc(O)c(N=Nc2ccccc2SOOO)c1.CC(C)Cc1ccc(O)cc1.N#[N+]c1ccccc1SOOO. The van der Waals surface area contributed by atoms with E-state index in [1.165, 1.54) is 5.56 Å². The van der Waals surface area contributed by atoms with Crippen LogP contribution in [0.5, 0.6) is 11.5 Å². The minimum absolute atomic E-state index is 0.0707. The highest BCUT2D eigenvalue weighted by atomic mass is 32.2. The molecule has 0 heterocycles. The molecule has 0 bridgehead atoms. The molecule has 4 aromatic rings. The van der Waals surface area contributed by atoms with Gasteiger partial charge >= 0.3 is 5.69 Å². The van der Waals surface area contributed by atoms with Crippen LogP contribution >= 0.6 is 24.1 Å². The van der Waals surface area contributed by atoms with Crippen LogP contribution in [-0.4, -0.2) is 20.7 Å². The molecular weight excluding hydrogens is 633 g/mol. The minimum atomic E-state index is 0.0707. The molecule has 0 aliphatic rings. The smallest absolute Gasteiger partial charge is 0.400 e. The standard InChI is InChI=1S/C16H18N2O4S.C10H14O.C6H4N2O3S/c1-11(2)9-12-7-8-15(19)14(10-12)18-17-13-5-3-4-6-16(13)23-22-21-20;1-8(2)7-9-3-5-10(11)6-4-9;7-8-5-3-1-2-4-6(5)12-11-10-9/h3-8,10-11,19-20H,9H2,1-2H3;3-6,8,11H,7H2,1-2H3;1-4H/p+1. The third kappa shape index (κ3) is 14.8. The van der Waals surface area contributed by atoms with Crippen LogP contribution in [0.2, 0.25) is 0 Å². The fourth-order valence-corrected chi connectivity index (χ4v) is 4.65. The van der Waals surface area contributed by atoms with Gasteiger partial charge in [0.05, 0.1) is 29.0 Å². The fraction of sp³-hybridized carbons (Fsp3) is 0.250. The quantitative estimate of drug-likeness (QED) is 0.0372. The molecule has 0 aliphatic heterocycles. The summed E-state index contributed by atoms with van der Waals surface area (Å²) in [6, 6.07) is 26.5. The lowest BCUT2D eigenvalue weighted by molar-refractivity contribution is -0.432. The van der Waals surface area contributed by atoms with Gasteiger partial charge in [0.25, 0.3) is 0 Å². The molecule has 0 radical (unpaired) electrons. The molecule has 0 saturated carbocycles. The molecule has 0 spiro atoms. The molecule has 0 aromatic heterocycles. The number of phenols is 2. The Morgan fingerprint density at radius 2 is 1.20 bits per heavy atom. The van der Waals surface area contributed by atoms with Gasteiger partial charge in [-0.15, -0.1) is 18.9 Å². The highest BCUT2D eigenvalue weighted by molar-refractivity contribution is 7.95. The number of benzene rings is 4. The van der Waals surface area contributed by atoms with E-state index in [1.807, 2.05) is 24.3 Å². The lowest BCUT2D eigenvalue weighted by Gasteiger charge is -2.06. The molecule has 244 valence electrons. The van der Waals surface area contributed by atoms with Gasteiger partial charge in [-0.2, -0.15) is 0 Å². The molecular formula is C32H37N4O8S2+. The van der Waals surface area contributed by atoms with Gasteiger partial charge in [0.2, 0.25) is 5.39 Å². The molecule has 14 heteroatoms. The molecule has 4 N–H and O–H groups in total. The summed E-state index contributed by atoms with van der Waals surface area (Å²) in [5, 5.41) is 58.7. The van der Waals surface area contributed by atoms with Gasteiger partial charge in [0, 0.05) is 6.07 Å². The van der Waals surface area contributed by atoms with E-state index in [0.29, 0.717) is 44.4 Å². The lowest BCUT2D eigenvalue weighted by Crippen LogP contribution is -1.93. The highest BCUT2D eigenvalue weighted by Crippen LogP contribution is 2.34. The first-order chi connectivity index (χ1) is 22.2. The second-order valence-corrected chi connectivity index (χ2v) is 11.9. The van der Waals surface area contributed by atoms with Crippen molar-refractivity contribution in [3.63, 3.8) is 0 Å². The van der Waals surface area contributed by atoms with Crippen molar-refractivity contribution >= 4 is 41.1 Å². The Hall–Kier alpha value is -4.04. The normalized spacial score (nSPS) is 10.7. The van der Waals surface area contributed by atoms with Crippen molar-refractivity contribution in [2.24, 2.45) is 22.1 Å². The van der Waals surface area contributed by atoms with Crippen molar-refractivity contribution in [1.29, 1.82) is 5.39 Å². The summed E-state index contributed by atoms with van der Waals surface area (Å²) in [6.07, 6.45) is 1.98. The first-order valence-corrected chi connectivity index (χ1v) is 15.5. The van der Waals surface area contributed by atoms with E-state index in [0.717, 1.165) is 42.5 Å². The average molecular weight is 670 g/mol. The Bertz CT molecular complexity index is 1530. The van der Waals surface area contributed by atoms with E-state index in [-0.39, 0.29) is 5.75 Å². The van der Waals surface area contributed by atoms with Gasteiger partial charge in [-0.05, 0) is 78.3 Å². The molecule has 0 unspecified atom stereocenters. The second kappa shape index (κ2) is 21.7. The number of phenolic OH excluding ortho intramolecular Hbond substituents is 2. The van der Waals surface area contributed by atoms with E-state index in [9.17, 15) is 5.11 Å². The van der Waals surface area contributed by atoms with Crippen molar-refractivity contribution in [3.8, 4) is 11.5 Å². The Balaban J connectivity index is 0.000000268. The first kappa shape index (κ1) is 38.1. The summed E-state index contributed by atoms with van der Waals surface area (Å²) >= 11 is 1.56. The van der Waals surface area contributed by atoms with Gasteiger partial charge in [0.15, 0.2) is 4.98 Å². The molecule has 4 aromatic carbocycles. The Morgan fingerprint density at radius 3 is 1.80 bits per heavy atom. The molecule has 0 aliphatic carbocycles. The molecule has 0 atom stereocenters. The van der Waals surface area contributed by atoms with E-state index in [2.05, 4.69) is 61.6 Å². The number of diazo groups is 1. The van der Waals surface area contributed by atoms with Crippen LogP contribution in [0.1, 0.15) is 38.8 Å². The Morgan fingerprint density at radius 1 is 0.674 bits per heavy atom. The lowest BCUT2D eigenvalue weighted by atomic mass is 10.0. The third-order valence-electron chi connectivity index (χ3n) is 5.68. The topological polar surface area (TPSA) is 171 Å². The zero-order chi connectivity index (χ0) is 33.7. The van der Waals surface area contributed by atoms with Crippen LogP contribution in [0.15, 0.2) is 111 Å². The van der Waals surface area contributed by atoms with Crippen LogP contribution in [-0.2, 0) is 31.6 Å². The van der Waals surface area contributed by atoms with Gasteiger partial charge in [-0.3, -0.25) is 0 Å². The van der Waals surface area contributed by atoms with Gasteiger partial charge < -0.3 is 10.2 Å². The van der Waals surface area contributed by atoms with Crippen LogP contribution in [0, 0.1) is 17.2 Å². The number of nitrogens with zero attached hydrogens (tertiary/aromatic N) is 4. The number of aromatic hydroxyl groups is 2. The van der Waals surface area contributed by atoms with Gasteiger partial charge in [-0.1, -0.05) is 80.2 Å². The van der Waals surface area contributed by atoms with Crippen molar-refractivity contribution < 1.29 is 39.5 Å². The van der Waals surface area contributed by atoms with E-state index in [4.69, 9.17) is 21.0 Å². The number of rotatable bonds is 12. The zero-order valence-corrected chi connectivity index (χ0v) is 27.4. The summed E-state index contributed by atoms with van der Waals surface area (Å²) < 4.78 is 8.58. The largest absolute Gasteiger partial charge is 0.508 e. The van der Waals surface area contributed by atoms with Crippen LogP contribution < -0.4 is 0 Å². The van der Waals surface area contributed by atoms with Gasteiger partial charge in [0.1, 0.15) is 27.8 Å². The third-order valence-corrected chi connectivity index (χ3v) is 6.98. The van der Waals surface area contributed by atoms with E-state index >= 15 is 0 Å². The molecule has 0 fully saturated rings. The summed E-state index contributed by atoms with van der Waals surface area (Å²) in [5.74, 6) is 1.61. The number of hydrogen-bond acceptors (Lipinski definition) is 13. The maximum atomic E-state index is 9.92.